The van der Waals surface area contributed by atoms with Gasteiger partial charge in [-0.3, -0.25) is 0 Å². The zero-order valence-electron chi connectivity index (χ0n) is 47.3. The summed E-state index contributed by atoms with van der Waals surface area (Å²) < 4.78 is 0. The molecule has 0 spiro atoms. The highest BCUT2D eigenvalue weighted by Gasteiger charge is 2.41. The van der Waals surface area contributed by atoms with E-state index in [0.29, 0.717) is 17.8 Å². The zero-order valence-corrected chi connectivity index (χ0v) is 47.3. The van der Waals surface area contributed by atoms with Crippen LogP contribution in [-0.4, -0.2) is 50.1 Å². The first-order valence-electron chi connectivity index (χ1n) is 31.7. The summed E-state index contributed by atoms with van der Waals surface area (Å²) in [4.78, 5) is 5.40. The van der Waals surface area contributed by atoms with Gasteiger partial charge in [0.15, 0.2) is 0 Å². The summed E-state index contributed by atoms with van der Waals surface area (Å²) in [5.74, 6) is 1.69. The number of fused-ring (bicyclic) bond motifs is 1. The van der Waals surface area contributed by atoms with Crippen molar-refractivity contribution in [1.82, 2.24) is 9.80 Å². The molecule has 0 aromatic heterocycles. The van der Waals surface area contributed by atoms with Gasteiger partial charge in [0.2, 0.25) is 0 Å². The van der Waals surface area contributed by atoms with E-state index in [-0.39, 0.29) is 0 Å². The molecule has 69 heavy (non-hydrogen) atoms. The fourth-order valence-corrected chi connectivity index (χ4v) is 12.2. The van der Waals surface area contributed by atoms with Crippen molar-refractivity contribution in [2.45, 2.75) is 308 Å². The lowest BCUT2D eigenvalue weighted by Gasteiger charge is -2.32. The van der Waals surface area contributed by atoms with Gasteiger partial charge in [0.1, 0.15) is 0 Å². The number of hydrogen-bond donors (Lipinski definition) is 0. The van der Waals surface area contributed by atoms with E-state index in [1.807, 2.05) is 0 Å². The van der Waals surface area contributed by atoms with E-state index in [0.717, 1.165) is 0 Å². The first-order valence-corrected chi connectivity index (χ1v) is 31.7. The quantitative estimate of drug-likeness (QED) is 0.0610. The Balaban J connectivity index is 1.21. The van der Waals surface area contributed by atoms with Crippen molar-refractivity contribution in [3.63, 3.8) is 0 Å². The maximum atomic E-state index is 2.70. The summed E-state index contributed by atoms with van der Waals surface area (Å²) in [6.45, 7) is 9.46. The van der Waals surface area contributed by atoms with Crippen molar-refractivity contribution in [3.8, 4) is 0 Å². The molecule has 0 bridgehead atoms. The van der Waals surface area contributed by atoms with Gasteiger partial charge in [0.05, 0.1) is 0 Å². The first-order chi connectivity index (χ1) is 34.2. The van der Waals surface area contributed by atoms with Gasteiger partial charge < -0.3 is 9.80 Å². The maximum absolute atomic E-state index is 2.70. The van der Waals surface area contributed by atoms with Crippen molar-refractivity contribution >= 4 is 0 Å². The minimum atomic E-state index is 0.488. The fourth-order valence-electron chi connectivity index (χ4n) is 12.2. The Labute approximate surface area is 433 Å². The van der Waals surface area contributed by atoms with Gasteiger partial charge in [0, 0.05) is 24.9 Å². The molecule has 398 valence electrons. The Morgan fingerprint density at radius 1 is 0.290 bits per heavy atom. The zero-order chi connectivity index (χ0) is 48.9. The average Bonchev–Trinajstić information content (AvgIpc) is 3.66. The summed E-state index contributed by atoms with van der Waals surface area (Å²) in [6, 6.07) is 21.1. The molecule has 0 saturated carbocycles. The Kier molecular flexibility index (Phi) is 40.2. The number of rotatable bonds is 51. The average molecular weight is 954 g/mol. The molecule has 0 aliphatic heterocycles. The highest BCUT2D eigenvalue weighted by Crippen LogP contribution is 2.50. The standard InChI is InChI=1S/C67H120N2/c1-5-7-9-11-13-15-17-19-21-23-25-27-29-31-33-35-37-39-41-43-45-52-58-68(3)60-65-63-56-50-51-57-64(63)67(62-54-48-47-49-55-62)66(65)61-69(4)59-53-46-44-42-40-38-36-34-32-30-28-26-24-22-20-18-16-14-12-10-8-6-2/h47-51,54-57,65-67H,5-46,52-53,58-61H2,1-4H3. The SMILES string of the molecule is CCCCCCCCCCCCCCCCCCCCCCCCN(C)CC1c2ccccc2C(c2ccccc2)C1CN(C)CCCCCCCCCCCCCCCCCCCCCCCC. The van der Waals surface area contributed by atoms with Crippen LogP contribution in [0.15, 0.2) is 54.6 Å². The van der Waals surface area contributed by atoms with Crippen molar-refractivity contribution < 1.29 is 0 Å². The van der Waals surface area contributed by atoms with Gasteiger partial charge in [-0.25, -0.2) is 0 Å². The predicted octanol–water partition coefficient (Wildman–Crippen LogP) is 21.6. The second-order valence-corrected chi connectivity index (χ2v) is 23.2. The molecule has 0 heterocycles. The van der Waals surface area contributed by atoms with Gasteiger partial charge in [-0.05, 0) is 62.6 Å². The Morgan fingerprint density at radius 2 is 0.551 bits per heavy atom. The molecule has 0 saturated heterocycles. The summed E-state index contributed by atoms with van der Waals surface area (Å²) in [5.41, 5.74) is 4.72. The van der Waals surface area contributed by atoms with Gasteiger partial charge >= 0.3 is 0 Å². The lowest BCUT2D eigenvalue weighted by atomic mass is 9.81. The normalized spacial score (nSPS) is 15.8. The van der Waals surface area contributed by atoms with Gasteiger partial charge in [-0.15, -0.1) is 0 Å². The minimum Gasteiger partial charge on any atom is -0.306 e. The van der Waals surface area contributed by atoms with Gasteiger partial charge in [0.25, 0.3) is 0 Å². The molecule has 3 atom stereocenters. The summed E-state index contributed by atoms with van der Waals surface area (Å²) in [7, 11) is 4.83. The lowest BCUT2D eigenvalue weighted by molar-refractivity contribution is 0.210. The minimum absolute atomic E-state index is 0.488. The van der Waals surface area contributed by atoms with Crippen LogP contribution < -0.4 is 0 Å². The highest BCUT2D eigenvalue weighted by atomic mass is 15.1. The van der Waals surface area contributed by atoms with E-state index in [1.165, 1.54) is 314 Å². The van der Waals surface area contributed by atoms with E-state index in [1.54, 1.807) is 11.1 Å². The molecule has 0 radical (unpaired) electrons. The second-order valence-electron chi connectivity index (χ2n) is 23.2. The number of benzene rings is 2. The monoisotopic (exact) mass is 953 g/mol. The smallest absolute Gasteiger partial charge is 0.0139 e. The molecule has 1 aliphatic carbocycles. The summed E-state index contributed by atoms with van der Waals surface area (Å²) >= 11 is 0. The Hall–Kier alpha value is -1.64. The van der Waals surface area contributed by atoms with E-state index in [2.05, 4.69) is 92.3 Å². The molecule has 2 aromatic carbocycles. The van der Waals surface area contributed by atoms with E-state index in [4.69, 9.17) is 0 Å². The van der Waals surface area contributed by atoms with Crippen LogP contribution in [0.4, 0.5) is 0 Å². The molecule has 0 N–H and O–H groups in total. The lowest BCUT2D eigenvalue weighted by Crippen LogP contribution is -2.35. The van der Waals surface area contributed by atoms with E-state index in [9.17, 15) is 0 Å². The summed E-state index contributed by atoms with van der Waals surface area (Å²) in [6.07, 6.45) is 63.8. The molecule has 0 amide bonds. The van der Waals surface area contributed by atoms with Crippen LogP contribution in [0.25, 0.3) is 0 Å². The Bertz CT molecular complexity index is 1350. The molecule has 2 nitrogen and oxygen atoms in total. The van der Waals surface area contributed by atoms with Crippen LogP contribution in [0.5, 0.6) is 0 Å². The van der Waals surface area contributed by atoms with Crippen molar-refractivity contribution in [1.29, 1.82) is 0 Å². The molecule has 1 aliphatic rings. The second kappa shape index (κ2) is 45.0. The molecule has 3 unspecified atom stereocenters. The number of likely N-dealkylation sites (N-methyl/N-ethyl adjacent to an activating group) is 1. The third-order valence-corrected chi connectivity index (χ3v) is 16.7. The number of unbranched alkanes of at least 4 members (excludes halogenated alkanes) is 42. The van der Waals surface area contributed by atoms with E-state index >= 15 is 0 Å². The topological polar surface area (TPSA) is 6.48 Å². The van der Waals surface area contributed by atoms with Crippen LogP contribution in [0.2, 0.25) is 0 Å². The van der Waals surface area contributed by atoms with Crippen molar-refractivity contribution in [2.75, 3.05) is 40.3 Å². The van der Waals surface area contributed by atoms with Gasteiger partial charge in [-0.2, -0.15) is 0 Å². The van der Waals surface area contributed by atoms with Crippen LogP contribution in [0.1, 0.15) is 325 Å². The highest BCUT2D eigenvalue weighted by molar-refractivity contribution is 5.46. The maximum Gasteiger partial charge on any atom is 0.0139 e. The molecule has 2 heteroatoms. The number of hydrogen-bond acceptors (Lipinski definition) is 2. The van der Waals surface area contributed by atoms with Crippen molar-refractivity contribution in [2.24, 2.45) is 5.92 Å². The molecule has 3 rings (SSSR count). The third kappa shape index (κ3) is 31.5. The Morgan fingerprint density at radius 3 is 0.870 bits per heavy atom. The number of nitrogens with zero attached hydrogens (tertiary/aromatic N) is 2. The first kappa shape index (κ1) is 61.7. The molecular formula is C67H120N2. The predicted molar refractivity (Wildman–Crippen MR) is 310 cm³/mol. The third-order valence-electron chi connectivity index (χ3n) is 16.7. The summed E-state index contributed by atoms with van der Waals surface area (Å²) in [5, 5.41) is 0. The van der Waals surface area contributed by atoms with E-state index < -0.39 is 0 Å². The fraction of sp³-hybridized carbons (Fsp3) is 0.821. The van der Waals surface area contributed by atoms with Crippen LogP contribution in [-0.2, 0) is 0 Å². The van der Waals surface area contributed by atoms with Gasteiger partial charge in [-0.1, -0.05) is 338 Å². The van der Waals surface area contributed by atoms with Crippen LogP contribution in [0, 0.1) is 5.92 Å². The molecule has 0 fully saturated rings. The van der Waals surface area contributed by atoms with Crippen molar-refractivity contribution in [3.05, 3.63) is 71.3 Å². The molecule has 2 aromatic rings. The van der Waals surface area contributed by atoms with Crippen LogP contribution >= 0.6 is 0 Å². The largest absolute Gasteiger partial charge is 0.306 e. The molecular weight excluding hydrogens is 833 g/mol. The van der Waals surface area contributed by atoms with Crippen LogP contribution in [0.3, 0.4) is 0 Å².